The minimum Gasteiger partial charge on any atom is -0.342 e. The van der Waals surface area contributed by atoms with Crippen LogP contribution >= 0.6 is 0 Å². The number of hydrogen-bond acceptors (Lipinski definition) is 1. The highest BCUT2D eigenvalue weighted by atomic mass is 19.3. The van der Waals surface area contributed by atoms with E-state index in [0.717, 1.165) is 19.5 Å². The Balaban J connectivity index is 1.84. The van der Waals surface area contributed by atoms with Gasteiger partial charge >= 0.3 is 0 Å². The number of nitrogens with zero attached hydrogens (tertiary/aromatic N) is 1. The van der Waals surface area contributed by atoms with Gasteiger partial charge in [-0.1, -0.05) is 13.8 Å². The van der Waals surface area contributed by atoms with Gasteiger partial charge in [-0.3, -0.25) is 4.79 Å². The van der Waals surface area contributed by atoms with Crippen LogP contribution in [0.25, 0.3) is 0 Å². The molecule has 0 N–H and O–H groups in total. The summed E-state index contributed by atoms with van der Waals surface area (Å²) in [5.74, 6) is -1.93. The van der Waals surface area contributed by atoms with Crippen LogP contribution in [0.2, 0.25) is 0 Å². The first-order valence-electron chi connectivity index (χ1n) is 6.05. The largest absolute Gasteiger partial charge is 0.342 e. The lowest BCUT2D eigenvalue weighted by Gasteiger charge is -2.36. The van der Waals surface area contributed by atoms with Crippen LogP contribution in [0.5, 0.6) is 0 Å². The summed E-state index contributed by atoms with van der Waals surface area (Å²) in [7, 11) is 0. The highest BCUT2D eigenvalue weighted by Crippen LogP contribution is 2.43. The van der Waals surface area contributed by atoms with Crippen molar-refractivity contribution in [2.24, 2.45) is 17.8 Å². The molecule has 0 aromatic heterocycles. The second-order valence-electron chi connectivity index (χ2n) is 5.54. The molecule has 1 aliphatic heterocycles. The Labute approximate surface area is 95.0 Å². The van der Waals surface area contributed by atoms with Crippen molar-refractivity contribution in [1.29, 1.82) is 0 Å². The lowest BCUT2D eigenvalue weighted by Crippen LogP contribution is -2.46. The molecule has 1 amide bonds. The first kappa shape index (κ1) is 11.8. The van der Waals surface area contributed by atoms with E-state index in [4.69, 9.17) is 0 Å². The summed E-state index contributed by atoms with van der Waals surface area (Å²) in [4.78, 5) is 13.7. The van der Waals surface area contributed by atoms with E-state index >= 15 is 0 Å². The Morgan fingerprint density at radius 1 is 1.38 bits per heavy atom. The molecule has 1 heterocycles. The molecule has 1 saturated heterocycles. The number of likely N-dealkylation sites (tertiary alicyclic amines) is 1. The highest BCUT2D eigenvalue weighted by molar-refractivity contribution is 5.80. The fraction of sp³-hybridized carbons (Fsp3) is 0.917. The molecule has 2 fully saturated rings. The number of amides is 1. The molecule has 16 heavy (non-hydrogen) atoms. The number of hydrogen-bond donors (Lipinski definition) is 0. The van der Waals surface area contributed by atoms with Gasteiger partial charge in [0.1, 0.15) is 0 Å². The first-order chi connectivity index (χ1) is 7.39. The van der Waals surface area contributed by atoms with E-state index in [0.29, 0.717) is 11.8 Å². The van der Waals surface area contributed by atoms with Gasteiger partial charge in [-0.2, -0.15) is 0 Å². The molecule has 1 unspecified atom stereocenters. The third-order valence-corrected chi connectivity index (χ3v) is 3.92. The van der Waals surface area contributed by atoms with Gasteiger partial charge in [0.05, 0.1) is 0 Å². The van der Waals surface area contributed by atoms with Crippen LogP contribution in [0, 0.1) is 17.8 Å². The minimum absolute atomic E-state index is 0.0472. The molecular formula is C12H19F2NO. The topological polar surface area (TPSA) is 20.3 Å². The van der Waals surface area contributed by atoms with E-state index in [9.17, 15) is 13.6 Å². The quantitative estimate of drug-likeness (QED) is 0.715. The standard InChI is InChI=1S/C12H19F2NO/c1-8(2)9-3-4-15(7-9)11(16)10-5-12(13,14)6-10/h8-10H,3-7H2,1-2H3. The van der Waals surface area contributed by atoms with Crippen molar-refractivity contribution in [2.45, 2.75) is 39.0 Å². The van der Waals surface area contributed by atoms with Crippen molar-refractivity contribution in [2.75, 3.05) is 13.1 Å². The van der Waals surface area contributed by atoms with Crippen LogP contribution < -0.4 is 0 Å². The van der Waals surface area contributed by atoms with Crippen molar-refractivity contribution in [3.05, 3.63) is 0 Å². The van der Waals surface area contributed by atoms with Gasteiger partial charge < -0.3 is 4.90 Å². The van der Waals surface area contributed by atoms with Crippen molar-refractivity contribution in [3.8, 4) is 0 Å². The second-order valence-corrected chi connectivity index (χ2v) is 5.54. The Morgan fingerprint density at radius 3 is 2.44 bits per heavy atom. The summed E-state index contributed by atoms with van der Waals surface area (Å²) in [6, 6.07) is 0. The van der Waals surface area contributed by atoms with E-state index < -0.39 is 11.8 Å². The average molecular weight is 231 g/mol. The molecule has 0 spiro atoms. The lowest BCUT2D eigenvalue weighted by atomic mass is 9.80. The van der Waals surface area contributed by atoms with Crippen molar-refractivity contribution < 1.29 is 13.6 Å². The summed E-state index contributed by atoms with van der Waals surface area (Å²) < 4.78 is 25.3. The molecule has 1 saturated carbocycles. The van der Waals surface area contributed by atoms with E-state index in [1.165, 1.54) is 0 Å². The monoisotopic (exact) mass is 231 g/mol. The number of halogens is 2. The van der Waals surface area contributed by atoms with E-state index in [2.05, 4.69) is 13.8 Å². The molecule has 2 rings (SSSR count). The third-order valence-electron chi connectivity index (χ3n) is 3.92. The summed E-state index contributed by atoms with van der Waals surface area (Å²) in [6.45, 7) is 5.81. The predicted octanol–water partition coefficient (Wildman–Crippen LogP) is 2.54. The summed E-state index contributed by atoms with van der Waals surface area (Å²) in [5.41, 5.74) is 0. The Morgan fingerprint density at radius 2 is 2.00 bits per heavy atom. The molecule has 0 radical (unpaired) electrons. The SMILES string of the molecule is CC(C)C1CCN(C(=O)C2CC(F)(F)C2)C1. The molecule has 4 heteroatoms. The zero-order valence-corrected chi connectivity index (χ0v) is 9.88. The summed E-state index contributed by atoms with van der Waals surface area (Å²) >= 11 is 0. The summed E-state index contributed by atoms with van der Waals surface area (Å²) in [5, 5.41) is 0. The fourth-order valence-electron chi connectivity index (χ4n) is 2.63. The van der Waals surface area contributed by atoms with E-state index in [-0.39, 0.29) is 18.7 Å². The van der Waals surface area contributed by atoms with Gasteiger partial charge in [-0.05, 0) is 18.3 Å². The van der Waals surface area contributed by atoms with Crippen LogP contribution in [0.15, 0.2) is 0 Å². The van der Waals surface area contributed by atoms with Crippen LogP contribution in [-0.2, 0) is 4.79 Å². The molecule has 1 aliphatic carbocycles. The Hall–Kier alpha value is -0.670. The Bertz CT molecular complexity index is 283. The zero-order chi connectivity index (χ0) is 11.9. The summed E-state index contributed by atoms with van der Waals surface area (Å²) in [6.07, 6.45) is 0.538. The molecule has 2 nitrogen and oxygen atoms in total. The lowest BCUT2D eigenvalue weighted by molar-refractivity contribution is -0.159. The molecule has 1 atom stereocenters. The minimum atomic E-state index is -2.59. The van der Waals surface area contributed by atoms with Gasteiger partial charge in [0, 0.05) is 31.8 Å². The number of alkyl halides is 2. The normalized spacial score (nSPS) is 29.6. The van der Waals surface area contributed by atoms with Gasteiger partial charge in [0.25, 0.3) is 0 Å². The third kappa shape index (κ3) is 2.20. The fourth-order valence-corrected chi connectivity index (χ4v) is 2.63. The number of carbonyl (C=O) groups excluding carboxylic acids is 1. The Kier molecular flexibility index (Phi) is 2.93. The maximum absolute atomic E-state index is 12.7. The smallest absolute Gasteiger partial charge is 0.249 e. The van der Waals surface area contributed by atoms with Crippen LogP contribution in [0.1, 0.15) is 33.1 Å². The van der Waals surface area contributed by atoms with Gasteiger partial charge in [-0.15, -0.1) is 0 Å². The molecule has 0 aromatic carbocycles. The van der Waals surface area contributed by atoms with Gasteiger partial charge in [0.2, 0.25) is 11.8 Å². The van der Waals surface area contributed by atoms with E-state index in [1.54, 1.807) is 4.90 Å². The van der Waals surface area contributed by atoms with Crippen molar-refractivity contribution >= 4 is 5.91 Å². The number of carbonyl (C=O) groups is 1. The van der Waals surface area contributed by atoms with Crippen molar-refractivity contribution in [1.82, 2.24) is 4.90 Å². The molecule has 92 valence electrons. The zero-order valence-electron chi connectivity index (χ0n) is 9.88. The molecular weight excluding hydrogens is 212 g/mol. The average Bonchev–Trinajstić information content (AvgIpc) is 2.61. The van der Waals surface area contributed by atoms with Gasteiger partial charge in [0.15, 0.2) is 0 Å². The van der Waals surface area contributed by atoms with E-state index in [1.807, 2.05) is 0 Å². The highest BCUT2D eigenvalue weighted by Gasteiger charge is 2.50. The molecule has 0 bridgehead atoms. The number of rotatable bonds is 2. The maximum atomic E-state index is 12.7. The predicted molar refractivity (Wildman–Crippen MR) is 57.2 cm³/mol. The van der Waals surface area contributed by atoms with Crippen LogP contribution in [-0.4, -0.2) is 29.8 Å². The molecule has 2 aliphatic rings. The van der Waals surface area contributed by atoms with Crippen molar-refractivity contribution in [3.63, 3.8) is 0 Å². The van der Waals surface area contributed by atoms with Gasteiger partial charge in [-0.25, -0.2) is 8.78 Å². The maximum Gasteiger partial charge on any atom is 0.249 e. The first-order valence-corrected chi connectivity index (χ1v) is 6.05. The molecule has 0 aromatic rings. The van der Waals surface area contributed by atoms with Crippen LogP contribution in [0.4, 0.5) is 8.78 Å². The second kappa shape index (κ2) is 3.97. The van der Waals surface area contributed by atoms with Crippen LogP contribution in [0.3, 0.4) is 0 Å².